The molecular formula is C12H17N3O2S. The molecule has 1 aromatic heterocycles. The quantitative estimate of drug-likeness (QED) is 0.873. The molecular weight excluding hydrogens is 250 g/mol. The van der Waals surface area contributed by atoms with Gasteiger partial charge in [-0.25, -0.2) is 4.98 Å². The average Bonchev–Trinajstić information content (AvgIpc) is 2.90. The van der Waals surface area contributed by atoms with Crippen molar-refractivity contribution in [1.29, 1.82) is 0 Å². The number of hydrogen-bond donors (Lipinski definition) is 2. The molecule has 98 valence electrons. The molecule has 0 atom stereocenters. The zero-order chi connectivity index (χ0) is 12.8. The second kappa shape index (κ2) is 6.49. The molecule has 2 amide bonds. The summed E-state index contributed by atoms with van der Waals surface area (Å²) in [6.07, 6.45) is 6.96. The Bertz CT molecular complexity index is 399. The van der Waals surface area contributed by atoms with Crippen molar-refractivity contribution in [1.82, 2.24) is 10.3 Å². The van der Waals surface area contributed by atoms with Crippen molar-refractivity contribution < 1.29 is 9.59 Å². The monoisotopic (exact) mass is 267 g/mol. The summed E-state index contributed by atoms with van der Waals surface area (Å²) in [6, 6.07) is 0. The molecule has 1 aliphatic carbocycles. The number of aromatic nitrogens is 1. The van der Waals surface area contributed by atoms with Gasteiger partial charge in [0.05, 0.1) is 6.54 Å². The van der Waals surface area contributed by atoms with Crippen LogP contribution in [0.4, 0.5) is 5.13 Å². The molecule has 0 aromatic carbocycles. The van der Waals surface area contributed by atoms with Gasteiger partial charge in [-0.15, -0.1) is 11.3 Å². The number of nitrogens with zero attached hydrogens (tertiary/aromatic N) is 1. The van der Waals surface area contributed by atoms with Crippen molar-refractivity contribution in [3.8, 4) is 0 Å². The Labute approximate surface area is 110 Å². The van der Waals surface area contributed by atoms with E-state index >= 15 is 0 Å². The Morgan fingerprint density at radius 3 is 2.78 bits per heavy atom. The Morgan fingerprint density at radius 1 is 1.33 bits per heavy atom. The standard InChI is InChI=1S/C12H17N3O2S/c16-10(15-12-13-6-7-18-12)8-14-11(17)9-4-2-1-3-5-9/h6-7,9H,1-5,8H2,(H,14,17)(H,13,15,16). The Balaban J connectivity index is 1.70. The molecule has 2 N–H and O–H groups in total. The van der Waals surface area contributed by atoms with Gasteiger partial charge in [-0.2, -0.15) is 0 Å². The molecule has 1 heterocycles. The van der Waals surface area contributed by atoms with Crippen molar-refractivity contribution in [2.24, 2.45) is 5.92 Å². The van der Waals surface area contributed by atoms with Crippen LogP contribution in [0.2, 0.25) is 0 Å². The number of hydrogen-bond acceptors (Lipinski definition) is 4. The highest BCUT2D eigenvalue weighted by Gasteiger charge is 2.21. The average molecular weight is 267 g/mol. The van der Waals surface area contributed by atoms with E-state index in [0.717, 1.165) is 25.7 Å². The van der Waals surface area contributed by atoms with E-state index in [1.54, 1.807) is 11.6 Å². The first kappa shape index (κ1) is 13.0. The third-order valence-corrected chi connectivity index (χ3v) is 3.77. The molecule has 1 aliphatic rings. The van der Waals surface area contributed by atoms with Crippen molar-refractivity contribution in [3.63, 3.8) is 0 Å². The molecule has 1 fully saturated rings. The van der Waals surface area contributed by atoms with E-state index in [1.807, 2.05) is 0 Å². The first-order valence-electron chi connectivity index (χ1n) is 6.23. The summed E-state index contributed by atoms with van der Waals surface area (Å²) < 4.78 is 0. The first-order chi connectivity index (χ1) is 8.75. The summed E-state index contributed by atoms with van der Waals surface area (Å²) in [4.78, 5) is 27.3. The van der Waals surface area contributed by atoms with Gasteiger partial charge in [-0.1, -0.05) is 19.3 Å². The lowest BCUT2D eigenvalue weighted by Gasteiger charge is -2.20. The van der Waals surface area contributed by atoms with Gasteiger partial charge in [0.25, 0.3) is 0 Å². The molecule has 2 rings (SSSR count). The van der Waals surface area contributed by atoms with Gasteiger partial charge in [0.1, 0.15) is 0 Å². The first-order valence-corrected chi connectivity index (χ1v) is 7.11. The van der Waals surface area contributed by atoms with Crippen LogP contribution < -0.4 is 10.6 Å². The van der Waals surface area contributed by atoms with Gasteiger partial charge < -0.3 is 10.6 Å². The zero-order valence-electron chi connectivity index (χ0n) is 10.1. The van der Waals surface area contributed by atoms with Crippen LogP contribution in [0.1, 0.15) is 32.1 Å². The number of carbonyl (C=O) groups excluding carboxylic acids is 2. The van der Waals surface area contributed by atoms with Crippen LogP contribution in [0, 0.1) is 5.92 Å². The molecule has 0 radical (unpaired) electrons. The van der Waals surface area contributed by atoms with Crippen LogP contribution in [0.3, 0.4) is 0 Å². The van der Waals surface area contributed by atoms with Crippen LogP contribution in [0.15, 0.2) is 11.6 Å². The summed E-state index contributed by atoms with van der Waals surface area (Å²) in [7, 11) is 0. The Morgan fingerprint density at radius 2 is 2.11 bits per heavy atom. The summed E-state index contributed by atoms with van der Waals surface area (Å²) in [5, 5.41) is 7.67. The number of amides is 2. The summed E-state index contributed by atoms with van der Waals surface area (Å²) >= 11 is 1.36. The maximum absolute atomic E-state index is 11.8. The van der Waals surface area contributed by atoms with Crippen LogP contribution in [-0.4, -0.2) is 23.3 Å². The fraction of sp³-hybridized carbons (Fsp3) is 0.583. The van der Waals surface area contributed by atoms with Gasteiger partial charge in [-0.05, 0) is 12.8 Å². The largest absolute Gasteiger partial charge is 0.347 e. The van der Waals surface area contributed by atoms with E-state index in [-0.39, 0.29) is 24.3 Å². The summed E-state index contributed by atoms with van der Waals surface area (Å²) in [6.45, 7) is 0.0227. The van der Waals surface area contributed by atoms with E-state index in [4.69, 9.17) is 0 Å². The van der Waals surface area contributed by atoms with Crippen molar-refractivity contribution in [2.75, 3.05) is 11.9 Å². The maximum Gasteiger partial charge on any atom is 0.245 e. The highest BCUT2D eigenvalue weighted by molar-refractivity contribution is 7.13. The van der Waals surface area contributed by atoms with Crippen molar-refractivity contribution >= 4 is 28.3 Å². The minimum atomic E-state index is -0.228. The smallest absolute Gasteiger partial charge is 0.245 e. The number of thiazole rings is 1. The molecule has 1 aromatic rings. The highest BCUT2D eigenvalue weighted by Crippen LogP contribution is 2.23. The van der Waals surface area contributed by atoms with E-state index < -0.39 is 0 Å². The van der Waals surface area contributed by atoms with E-state index in [1.165, 1.54) is 17.8 Å². The molecule has 5 nitrogen and oxygen atoms in total. The SMILES string of the molecule is O=C(CNC(=O)C1CCCCC1)Nc1nccs1. The fourth-order valence-corrected chi connectivity index (χ4v) is 2.67. The molecule has 0 spiro atoms. The molecule has 1 saturated carbocycles. The third-order valence-electron chi connectivity index (χ3n) is 3.08. The lowest BCUT2D eigenvalue weighted by atomic mass is 9.89. The summed E-state index contributed by atoms with van der Waals surface area (Å²) in [5.41, 5.74) is 0. The lowest BCUT2D eigenvalue weighted by molar-refractivity contribution is -0.128. The van der Waals surface area contributed by atoms with Crippen LogP contribution in [0.25, 0.3) is 0 Å². The minimum Gasteiger partial charge on any atom is -0.347 e. The van der Waals surface area contributed by atoms with Gasteiger partial charge in [0.15, 0.2) is 5.13 Å². The van der Waals surface area contributed by atoms with Crippen LogP contribution >= 0.6 is 11.3 Å². The van der Waals surface area contributed by atoms with Gasteiger partial charge in [0.2, 0.25) is 11.8 Å². The van der Waals surface area contributed by atoms with Gasteiger partial charge >= 0.3 is 0 Å². The Hall–Kier alpha value is -1.43. The molecule has 0 aliphatic heterocycles. The van der Waals surface area contributed by atoms with Gasteiger partial charge in [0, 0.05) is 17.5 Å². The zero-order valence-corrected chi connectivity index (χ0v) is 11.0. The van der Waals surface area contributed by atoms with E-state index in [9.17, 15) is 9.59 Å². The van der Waals surface area contributed by atoms with E-state index in [0.29, 0.717) is 5.13 Å². The number of carbonyl (C=O) groups is 2. The molecule has 0 unspecified atom stereocenters. The third kappa shape index (κ3) is 3.80. The van der Waals surface area contributed by atoms with Crippen molar-refractivity contribution in [3.05, 3.63) is 11.6 Å². The topological polar surface area (TPSA) is 71.1 Å². The highest BCUT2D eigenvalue weighted by atomic mass is 32.1. The molecule has 6 heteroatoms. The number of anilines is 1. The second-order valence-corrected chi connectivity index (χ2v) is 5.33. The second-order valence-electron chi connectivity index (χ2n) is 4.44. The van der Waals surface area contributed by atoms with Gasteiger partial charge in [-0.3, -0.25) is 9.59 Å². The predicted octanol–water partition coefficient (Wildman–Crippen LogP) is 1.78. The molecule has 0 bridgehead atoms. The molecule has 18 heavy (non-hydrogen) atoms. The predicted molar refractivity (Wildman–Crippen MR) is 70.3 cm³/mol. The lowest BCUT2D eigenvalue weighted by Crippen LogP contribution is -2.37. The van der Waals surface area contributed by atoms with Crippen LogP contribution in [0.5, 0.6) is 0 Å². The molecule has 0 saturated heterocycles. The number of nitrogens with one attached hydrogen (secondary N) is 2. The summed E-state index contributed by atoms with van der Waals surface area (Å²) in [5.74, 6) is -0.135. The normalized spacial score (nSPS) is 16.2. The minimum absolute atomic E-state index is 0.00369. The van der Waals surface area contributed by atoms with Crippen LogP contribution in [-0.2, 0) is 9.59 Å². The van der Waals surface area contributed by atoms with E-state index in [2.05, 4.69) is 15.6 Å². The Kier molecular flexibility index (Phi) is 4.69. The van der Waals surface area contributed by atoms with Crippen molar-refractivity contribution in [2.45, 2.75) is 32.1 Å². The number of rotatable bonds is 4. The fourth-order valence-electron chi connectivity index (χ4n) is 2.13. The maximum atomic E-state index is 11.8.